The summed E-state index contributed by atoms with van der Waals surface area (Å²) in [5, 5.41) is 6.82. The van der Waals surface area contributed by atoms with Gasteiger partial charge in [-0.15, -0.1) is 0 Å². The van der Waals surface area contributed by atoms with Crippen LogP contribution in [0.4, 0.5) is 10.5 Å². The number of carbonyl (C=O) groups excluding carboxylic acids is 2. The van der Waals surface area contributed by atoms with Crippen molar-refractivity contribution in [2.24, 2.45) is 5.10 Å². The van der Waals surface area contributed by atoms with Crippen LogP contribution in [0.3, 0.4) is 0 Å². The quantitative estimate of drug-likeness (QED) is 0.310. The molecule has 3 rings (SSSR count). The number of anilines is 1. The Balaban J connectivity index is 1.74. The van der Waals surface area contributed by atoms with Crippen LogP contribution in [0, 0.1) is 20.8 Å². The molecule has 0 unspecified atom stereocenters. The van der Waals surface area contributed by atoms with Crippen molar-refractivity contribution in [2.75, 3.05) is 19.0 Å². The number of aromatic nitrogens is 1. The number of methoxy groups -OCH3 is 1. The number of hydrogen-bond acceptors (Lipinski definition) is 5. The Labute approximate surface area is 193 Å². The van der Waals surface area contributed by atoms with Crippen LogP contribution >= 0.6 is 0 Å². The minimum atomic E-state index is -0.471. The van der Waals surface area contributed by atoms with Crippen LogP contribution in [-0.4, -0.2) is 36.5 Å². The lowest BCUT2D eigenvalue weighted by molar-refractivity contribution is 0.0600. The molecule has 0 bridgehead atoms. The minimum absolute atomic E-state index is 0.369. The van der Waals surface area contributed by atoms with Crippen LogP contribution in [0.15, 0.2) is 53.6 Å². The summed E-state index contributed by atoms with van der Waals surface area (Å²) in [6.45, 7) is 8.29. The second-order valence-electron chi connectivity index (χ2n) is 7.41. The number of nitrogens with one attached hydrogen (secondary N) is 2. The van der Waals surface area contributed by atoms with Crippen LogP contribution < -0.4 is 15.5 Å². The van der Waals surface area contributed by atoms with E-state index in [-0.39, 0.29) is 5.97 Å². The predicted octanol–water partition coefficient (Wildman–Crippen LogP) is 4.74. The number of para-hydroxylation sites is 2. The monoisotopic (exact) mass is 448 g/mol. The molecule has 2 aromatic carbocycles. The van der Waals surface area contributed by atoms with Gasteiger partial charge in [0, 0.05) is 22.6 Å². The third-order valence-electron chi connectivity index (χ3n) is 5.13. The van der Waals surface area contributed by atoms with Crippen LogP contribution in [0.1, 0.15) is 39.8 Å². The third-order valence-corrected chi connectivity index (χ3v) is 5.13. The van der Waals surface area contributed by atoms with Crippen molar-refractivity contribution >= 4 is 23.9 Å². The molecule has 0 aliphatic heterocycles. The molecular weight excluding hydrogens is 420 g/mol. The normalized spacial score (nSPS) is 10.8. The molecule has 0 atom stereocenters. The second-order valence-corrected chi connectivity index (χ2v) is 7.41. The third kappa shape index (κ3) is 5.41. The molecule has 0 spiro atoms. The number of amides is 2. The van der Waals surface area contributed by atoms with Gasteiger partial charge in [0.2, 0.25) is 0 Å². The lowest BCUT2D eigenvalue weighted by atomic mass is 10.1. The highest BCUT2D eigenvalue weighted by Crippen LogP contribution is 2.24. The van der Waals surface area contributed by atoms with Gasteiger partial charge in [-0.05, 0) is 69.7 Å². The zero-order chi connectivity index (χ0) is 24.0. The number of hydrogen-bond donors (Lipinski definition) is 2. The van der Waals surface area contributed by atoms with Crippen molar-refractivity contribution in [3.63, 3.8) is 0 Å². The van der Waals surface area contributed by atoms with E-state index < -0.39 is 6.03 Å². The van der Waals surface area contributed by atoms with Gasteiger partial charge in [-0.2, -0.15) is 5.10 Å². The molecule has 172 valence electrons. The first kappa shape index (κ1) is 23.6. The summed E-state index contributed by atoms with van der Waals surface area (Å²) in [5.41, 5.74) is 8.26. The Bertz CT molecular complexity index is 1200. The number of carbonyl (C=O) groups is 2. The van der Waals surface area contributed by atoms with Gasteiger partial charge in [-0.25, -0.2) is 15.0 Å². The average molecular weight is 449 g/mol. The maximum atomic E-state index is 12.3. The summed E-state index contributed by atoms with van der Waals surface area (Å²) in [7, 11) is 1.36. The molecule has 33 heavy (non-hydrogen) atoms. The highest BCUT2D eigenvalue weighted by Gasteiger charge is 2.14. The Morgan fingerprint density at radius 3 is 2.55 bits per heavy atom. The molecule has 0 radical (unpaired) electrons. The standard InChI is InChI=1S/C25H28N4O4/c1-6-33-23-10-8-7-9-21(23)27-25(31)28-26-15-20-14-17(3)29(18(20)4)22-12-11-19(13-16(22)2)24(30)32-5/h7-15H,6H2,1-5H3,(H2,27,28,31)/b26-15+. The maximum Gasteiger partial charge on any atom is 0.339 e. The maximum absolute atomic E-state index is 12.3. The molecule has 0 saturated heterocycles. The van der Waals surface area contributed by atoms with E-state index in [1.807, 2.05) is 52.0 Å². The summed E-state index contributed by atoms with van der Waals surface area (Å²) < 4.78 is 12.4. The first-order valence-electron chi connectivity index (χ1n) is 10.6. The Morgan fingerprint density at radius 1 is 1.09 bits per heavy atom. The fourth-order valence-electron chi connectivity index (χ4n) is 3.60. The van der Waals surface area contributed by atoms with Gasteiger partial charge in [-0.1, -0.05) is 12.1 Å². The van der Waals surface area contributed by atoms with E-state index >= 15 is 0 Å². The topological polar surface area (TPSA) is 94.0 Å². The number of rotatable bonds is 7. The zero-order valence-electron chi connectivity index (χ0n) is 19.4. The molecule has 8 nitrogen and oxygen atoms in total. The van der Waals surface area contributed by atoms with E-state index in [9.17, 15) is 9.59 Å². The fourth-order valence-corrected chi connectivity index (χ4v) is 3.60. The molecule has 0 saturated carbocycles. The zero-order valence-corrected chi connectivity index (χ0v) is 19.4. The Hall–Kier alpha value is -4.07. The number of esters is 1. The largest absolute Gasteiger partial charge is 0.492 e. The smallest absolute Gasteiger partial charge is 0.339 e. The van der Waals surface area contributed by atoms with Crippen molar-refractivity contribution in [1.29, 1.82) is 0 Å². The molecular formula is C25H28N4O4. The summed E-state index contributed by atoms with van der Waals surface area (Å²) in [5.74, 6) is 0.225. The average Bonchev–Trinajstić information content (AvgIpc) is 3.07. The number of aryl methyl sites for hydroxylation is 2. The van der Waals surface area contributed by atoms with Crippen LogP contribution in [-0.2, 0) is 4.74 Å². The SMILES string of the molecule is CCOc1ccccc1NC(=O)N/N=C/c1cc(C)n(-c2ccc(C(=O)OC)cc2C)c1C. The van der Waals surface area contributed by atoms with Crippen molar-refractivity contribution in [3.05, 3.63) is 76.6 Å². The van der Waals surface area contributed by atoms with Crippen molar-refractivity contribution in [3.8, 4) is 11.4 Å². The van der Waals surface area contributed by atoms with Gasteiger partial charge in [0.15, 0.2) is 0 Å². The molecule has 0 aliphatic carbocycles. The number of hydrazone groups is 1. The lowest BCUT2D eigenvalue weighted by Crippen LogP contribution is -2.24. The van der Waals surface area contributed by atoms with E-state index in [1.165, 1.54) is 7.11 Å². The highest BCUT2D eigenvalue weighted by atomic mass is 16.5. The van der Waals surface area contributed by atoms with E-state index in [2.05, 4.69) is 20.4 Å². The summed E-state index contributed by atoms with van der Waals surface area (Å²) >= 11 is 0. The van der Waals surface area contributed by atoms with E-state index in [0.29, 0.717) is 23.6 Å². The van der Waals surface area contributed by atoms with Gasteiger partial charge in [0.05, 0.1) is 31.2 Å². The van der Waals surface area contributed by atoms with Gasteiger partial charge in [0.25, 0.3) is 0 Å². The first-order chi connectivity index (χ1) is 15.8. The molecule has 1 heterocycles. The van der Waals surface area contributed by atoms with Crippen LogP contribution in [0.5, 0.6) is 5.75 Å². The van der Waals surface area contributed by atoms with Crippen molar-refractivity contribution in [1.82, 2.24) is 9.99 Å². The van der Waals surface area contributed by atoms with Gasteiger partial charge >= 0.3 is 12.0 Å². The molecule has 8 heteroatoms. The van der Waals surface area contributed by atoms with Crippen LogP contribution in [0.25, 0.3) is 5.69 Å². The molecule has 0 aliphatic rings. The minimum Gasteiger partial charge on any atom is -0.492 e. The van der Waals surface area contributed by atoms with Crippen molar-refractivity contribution < 1.29 is 19.1 Å². The second kappa shape index (κ2) is 10.5. The molecule has 3 aromatic rings. The Kier molecular flexibility index (Phi) is 7.50. The van der Waals surface area contributed by atoms with Gasteiger partial charge in [0.1, 0.15) is 5.75 Å². The molecule has 0 fully saturated rings. The number of urea groups is 1. The highest BCUT2D eigenvalue weighted by molar-refractivity contribution is 5.92. The number of nitrogens with zero attached hydrogens (tertiary/aromatic N) is 2. The first-order valence-corrected chi connectivity index (χ1v) is 10.6. The summed E-state index contributed by atoms with van der Waals surface area (Å²) in [4.78, 5) is 24.1. The molecule has 1 aromatic heterocycles. The molecule has 2 amide bonds. The summed E-state index contributed by atoms with van der Waals surface area (Å²) in [6, 6.07) is 14.2. The Morgan fingerprint density at radius 2 is 1.85 bits per heavy atom. The van der Waals surface area contributed by atoms with E-state index in [1.54, 1.807) is 30.5 Å². The fraction of sp³-hybridized carbons (Fsp3) is 0.240. The lowest BCUT2D eigenvalue weighted by Gasteiger charge is -2.13. The van der Waals surface area contributed by atoms with Crippen LogP contribution in [0.2, 0.25) is 0 Å². The number of ether oxygens (including phenoxy) is 2. The number of benzene rings is 2. The van der Waals surface area contributed by atoms with E-state index in [4.69, 9.17) is 9.47 Å². The predicted molar refractivity (Wildman–Crippen MR) is 129 cm³/mol. The van der Waals surface area contributed by atoms with Crippen molar-refractivity contribution in [2.45, 2.75) is 27.7 Å². The van der Waals surface area contributed by atoms with Gasteiger partial charge in [-0.3, -0.25) is 0 Å². The summed E-state index contributed by atoms with van der Waals surface area (Å²) in [6.07, 6.45) is 1.60. The van der Waals surface area contributed by atoms with Gasteiger partial charge < -0.3 is 19.4 Å². The molecule has 2 N–H and O–H groups in total. The van der Waals surface area contributed by atoms with E-state index in [0.717, 1.165) is 28.2 Å².